The van der Waals surface area contributed by atoms with E-state index in [2.05, 4.69) is 100 Å². The summed E-state index contributed by atoms with van der Waals surface area (Å²) in [6.07, 6.45) is 7.12. The van der Waals surface area contributed by atoms with E-state index < -0.39 is 16.6 Å². The molecule has 0 aromatic carbocycles. The summed E-state index contributed by atoms with van der Waals surface area (Å²) in [6, 6.07) is 0. The van der Waals surface area contributed by atoms with E-state index in [1.807, 2.05) is 6.08 Å². The Morgan fingerprint density at radius 1 is 1.00 bits per heavy atom. The van der Waals surface area contributed by atoms with Crippen LogP contribution in [0.25, 0.3) is 0 Å². The Kier molecular flexibility index (Phi) is 8.80. The van der Waals surface area contributed by atoms with E-state index in [9.17, 15) is 0 Å². The minimum Gasteiger partial charge on any atom is -0.413 e. The van der Waals surface area contributed by atoms with Crippen LogP contribution in [0.5, 0.6) is 0 Å². The lowest BCUT2D eigenvalue weighted by atomic mass is 9.88. The molecule has 0 spiro atoms. The van der Waals surface area contributed by atoms with Gasteiger partial charge in [0.25, 0.3) is 0 Å². The molecule has 0 aromatic rings. The Labute approximate surface area is 183 Å². The van der Waals surface area contributed by atoms with Gasteiger partial charge in [-0.05, 0) is 43.2 Å². The monoisotopic (exact) mass is 440 g/mol. The van der Waals surface area contributed by atoms with Gasteiger partial charge in [0.1, 0.15) is 0 Å². The predicted molar refractivity (Wildman–Crippen MR) is 132 cm³/mol. The van der Waals surface area contributed by atoms with Crippen LogP contribution in [0.2, 0.25) is 36.3 Å². The summed E-state index contributed by atoms with van der Waals surface area (Å²) in [4.78, 5) is 0. The fourth-order valence-corrected chi connectivity index (χ4v) is 5.87. The molecule has 0 aliphatic carbocycles. The molecule has 5 atom stereocenters. The van der Waals surface area contributed by atoms with E-state index in [-0.39, 0.29) is 34.5 Å². The second-order valence-corrected chi connectivity index (χ2v) is 21.3. The molecule has 1 aliphatic heterocycles. The summed E-state index contributed by atoms with van der Waals surface area (Å²) < 4.78 is 20.2. The van der Waals surface area contributed by atoms with Gasteiger partial charge in [-0.2, -0.15) is 0 Å². The second-order valence-electron chi connectivity index (χ2n) is 11.8. The molecule has 1 fully saturated rings. The van der Waals surface area contributed by atoms with Gasteiger partial charge in [0.15, 0.2) is 16.6 Å². The summed E-state index contributed by atoms with van der Waals surface area (Å²) in [7, 11) is -3.81. The van der Waals surface area contributed by atoms with E-state index in [1.165, 1.54) is 0 Å². The van der Waals surface area contributed by atoms with Gasteiger partial charge in [0, 0.05) is 12.3 Å². The first-order valence-corrected chi connectivity index (χ1v) is 17.0. The van der Waals surface area contributed by atoms with Crippen molar-refractivity contribution in [1.82, 2.24) is 0 Å². The molecule has 0 bridgehead atoms. The minimum absolute atomic E-state index is 0.0335. The zero-order chi connectivity index (χ0) is 22.8. The first-order chi connectivity index (χ1) is 13.0. The van der Waals surface area contributed by atoms with Crippen molar-refractivity contribution in [3.05, 3.63) is 24.8 Å². The molecule has 0 N–H and O–H groups in total. The maximum absolute atomic E-state index is 6.90. The van der Waals surface area contributed by atoms with Gasteiger partial charge in [-0.15, -0.1) is 6.58 Å². The lowest BCUT2D eigenvalue weighted by molar-refractivity contribution is -0.132. The third-order valence-corrected chi connectivity index (χ3v) is 16.3. The van der Waals surface area contributed by atoms with Gasteiger partial charge in [0.2, 0.25) is 0 Å². The van der Waals surface area contributed by atoms with Crippen LogP contribution >= 0.6 is 0 Å². The maximum Gasteiger partial charge on any atom is 0.193 e. The molecule has 0 aromatic heterocycles. The highest BCUT2D eigenvalue weighted by atomic mass is 28.4. The molecule has 0 radical (unpaired) electrons. The lowest BCUT2D eigenvalue weighted by Gasteiger charge is -2.48. The van der Waals surface area contributed by atoms with Crippen molar-refractivity contribution in [2.75, 3.05) is 0 Å². The quantitative estimate of drug-likeness (QED) is 0.306. The molecule has 170 valence electrons. The van der Waals surface area contributed by atoms with E-state index in [0.29, 0.717) is 5.92 Å². The number of allylic oxidation sites excluding steroid dienone is 1. The van der Waals surface area contributed by atoms with Crippen molar-refractivity contribution in [1.29, 1.82) is 0 Å². The first-order valence-electron chi connectivity index (χ1n) is 11.2. The van der Waals surface area contributed by atoms with Crippen LogP contribution in [0, 0.1) is 5.92 Å². The third kappa shape index (κ3) is 6.63. The summed E-state index contributed by atoms with van der Waals surface area (Å²) in [6.45, 7) is 31.4. The van der Waals surface area contributed by atoms with Crippen LogP contribution in [-0.4, -0.2) is 41.1 Å². The van der Waals surface area contributed by atoms with Crippen molar-refractivity contribution in [3.63, 3.8) is 0 Å². The minimum atomic E-state index is -1.93. The average molecular weight is 441 g/mol. The molecule has 1 saturated heterocycles. The van der Waals surface area contributed by atoms with Crippen LogP contribution in [0.3, 0.4) is 0 Å². The van der Waals surface area contributed by atoms with Gasteiger partial charge in [-0.1, -0.05) is 66.7 Å². The normalized spacial score (nSPS) is 28.6. The Morgan fingerprint density at radius 3 is 1.93 bits per heavy atom. The number of rotatable bonds is 7. The highest BCUT2D eigenvalue weighted by Crippen LogP contribution is 2.42. The van der Waals surface area contributed by atoms with E-state index in [4.69, 9.17) is 13.6 Å². The van der Waals surface area contributed by atoms with Crippen LogP contribution in [0.1, 0.15) is 61.8 Å². The molecular formula is C24H48O3Si2. The smallest absolute Gasteiger partial charge is 0.193 e. The van der Waals surface area contributed by atoms with Crippen molar-refractivity contribution >= 4 is 16.6 Å². The number of hydrogen-bond donors (Lipinski definition) is 0. The second kappa shape index (κ2) is 9.51. The van der Waals surface area contributed by atoms with E-state index in [0.717, 1.165) is 6.42 Å². The third-order valence-electron chi connectivity index (χ3n) is 7.37. The van der Waals surface area contributed by atoms with Crippen molar-refractivity contribution in [3.8, 4) is 0 Å². The lowest BCUT2D eigenvalue weighted by Crippen LogP contribution is -2.55. The highest BCUT2D eigenvalue weighted by Gasteiger charge is 2.46. The summed E-state index contributed by atoms with van der Waals surface area (Å²) in [5.74, 6) is 0.315. The molecule has 0 saturated carbocycles. The van der Waals surface area contributed by atoms with Crippen LogP contribution < -0.4 is 0 Å². The molecule has 1 rings (SSSR count). The van der Waals surface area contributed by atoms with Crippen molar-refractivity contribution in [2.24, 2.45) is 5.92 Å². The SMILES string of the molecule is C=C[C@H](O[Si](C)(C)C(C)(C)C)[C@H]1C[C@H](O[Si](C)(C)C(C)(C)C)[C@@H](C)[C@@H](/C=C/C)O1. The highest BCUT2D eigenvalue weighted by molar-refractivity contribution is 6.74. The first kappa shape index (κ1) is 26.8. The van der Waals surface area contributed by atoms with Gasteiger partial charge < -0.3 is 13.6 Å². The summed E-state index contributed by atoms with van der Waals surface area (Å²) in [5.41, 5.74) is 0. The Morgan fingerprint density at radius 2 is 1.52 bits per heavy atom. The number of ether oxygens (including phenoxy) is 1. The van der Waals surface area contributed by atoms with Gasteiger partial charge in [-0.3, -0.25) is 0 Å². The zero-order valence-electron chi connectivity index (χ0n) is 21.3. The molecule has 0 unspecified atom stereocenters. The van der Waals surface area contributed by atoms with Crippen LogP contribution in [0.15, 0.2) is 24.8 Å². The molecule has 1 heterocycles. The maximum atomic E-state index is 6.90. The van der Waals surface area contributed by atoms with Crippen LogP contribution in [-0.2, 0) is 13.6 Å². The standard InChI is InChI=1S/C24H48O3Si2/c1-14-16-20-18(3)21(27-29(12,13)24(7,8)9)17-22(25-20)19(15-2)26-28(10,11)23(4,5)6/h14-16,18-22H,2,17H2,1,3-13H3/b16-14+/t18-,19-,20+,21-,22+/m0/s1. The van der Waals surface area contributed by atoms with Gasteiger partial charge >= 0.3 is 0 Å². The Hall–Kier alpha value is -0.206. The fraction of sp³-hybridized carbons (Fsp3) is 0.833. The molecule has 1 aliphatic rings. The van der Waals surface area contributed by atoms with Crippen molar-refractivity contribution < 1.29 is 13.6 Å². The Balaban J connectivity index is 3.15. The summed E-state index contributed by atoms with van der Waals surface area (Å²) in [5, 5.41) is 0.335. The fourth-order valence-electron chi connectivity index (χ4n) is 3.16. The molecular weight excluding hydrogens is 392 g/mol. The van der Waals surface area contributed by atoms with Crippen LogP contribution in [0.4, 0.5) is 0 Å². The van der Waals surface area contributed by atoms with Gasteiger partial charge in [-0.25, -0.2) is 0 Å². The largest absolute Gasteiger partial charge is 0.413 e. The van der Waals surface area contributed by atoms with E-state index >= 15 is 0 Å². The molecule has 5 heteroatoms. The van der Waals surface area contributed by atoms with Gasteiger partial charge in [0.05, 0.1) is 24.4 Å². The molecule has 0 amide bonds. The predicted octanol–water partition coefficient (Wildman–Crippen LogP) is 7.32. The summed E-state index contributed by atoms with van der Waals surface area (Å²) >= 11 is 0. The topological polar surface area (TPSA) is 27.7 Å². The molecule has 29 heavy (non-hydrogen) atoms. The molecule has 3 nitrogen and oxygen atoms in total. The zero-order valence-corrected chi connectivity index (χ0v) is 23.3. The van der Waals surface area contributed by atoms with E-state index in [1.54, 1.807) is 0 Å². The average Bonchev–Trinajstić information content (AvgIpc) is 2.54. The Bertz CT molecular complexity index is 570. The number of hydrogen-bond acceptors (Lipinski definition) is 3. The van der Waals surface area contributed by atoms with Crippen molar-refractivity contribution in [2.45, 2.75) is 122 Å².